The zero-order chi connectivity index (χ0) is 15.6. The Bertz CT molecular complexity index is 523. The number of anilines is 1. The van der Waals surface area contributed by atoms with E-state index in [0.717, 1.165) is 0 Å². The monoisotopic (exact) mass is 294 g/mol. The highest BCUT2D eigenvalue weighted by molar-refractivity contribution is 6.00. The van der Waals surface area contributed by atoms with Crippen molar-refractivity contribution in [2.45, 2.75) is 26.1 Å². The van der Waals surface area contributed by atoms with Crippen molar-refractivity contribution in [2.75, 3.05) is 33.0 Å². The molecule has 2 rings (SSSR count). The van der Waals surface area contributed by atoms with Crippen molar-refractivity contribution < 1.29 is 19.0 Å². The number of methoxy groups -OCH3 is 2. The zero-order valence-corrected chi connectivity index (χ0v) is 12.9. The number of ether oxygens (including phenoxy) is 3. The average Bonchev–Trinajstić information content (AvgIpc) is 2.45. The van der Waals surface area contributed by atoms with E-state index in [1.165, 1.54) is 14.2 Å². The number of carbonyl (C=O) groups excluding carboxylic acids is 1. The summed E-state index contributed by atoms with van der Waals surface area (Å²) in [5.74, 6) is 0.884. The van der Waals surface area contributed by atoms with Crippen molar-refractivity contribution >= 4 is 11.6 Å². The molecule has 1 aromatic rings. The lowest BCUT2D eigenvalue weighted by atomic mass is 10.1. The number of hydrogen-bond acceptors (Lipinski definition) is 5. The molecule has 0 aliphatic carbocycles. The summed E-state index contributed by atoms with van der Waals surface area (Å²) in [5.41, 5.74) is 6.79. The van der Waals surface area contributed by atoms with Gasteiger partial charge in [-0.15, -0.1) is 0 Å². The molecule has 2 atom stereocenters. The summed E-state index contributed by atoms with van der Waals surface area (Å²) in [4.78, 5) is 14.4. The SMILES string of the molecule is COc1cc(N)c(C(=O)N2C[C@@H](C)O[C@@H](C)C2)cc1OC. The van der Waals surface area contributed by atoms with Crippen LogP contribution >= 0.6 is 0 Å². The van der Waals surface area contributed by atoms with Gasteiger partial charge < -0.3 is 24.8 Å². The molecule has 1 aliphatic heterocycles. The third-order valence-electron chi connectivity index (χ3n) is 3.49. The van der Waals surface area contributed by atoms with Crippen LogP contribution in [0.5, 0.6) is 11.5 Å². The predicted molar refractivity (Wildman–Crippen MR) is 79.9 cm³/mol. The molecular weight excluding hydrogens is 272 g/mol. The summed E-state index contributed by atoms with van der Waals surface area (Å²) >= 11 is 0. The Morgan fingerprint density at radius 1 is 1.19 bits per heavy atom. The molecule has 0 radical (unpaired) electrons. The van der Waals surface area contributed by atoms with E-state index in [1.807, 2.05) is 13.8 Å². The molecular formula is C15H22N2O4. The fourth-order valence-electron chi connectivity index (χ4n) is 2.59. The van der Waals surface area contributed by atoms with Gasteiger partial charge in [-0.25, -0.2) is 0 Å². The summed E-state index contributed by atoms with van der Waals surface area (Å²) in [6, 6.07) is 3.24. The van der Waals surface area contributed by atoms with Crippen LogP contribution in [0.2, 0.25) is 0 Å². The van der Waals surface area contributed by atoms with Gasteiger partial charge in [0.25, 0.3) is 5.91 Å². The minimum Gasteiger partial charge on any atom is -0.493 e. The van der Waals surface area contributed by atoms with Gasteiger partial charge in [-0.05, 0) is 19.9 Å². The fourth-order valence-corrected chi connectivity index (χ4v) is 2.59. The smallest absolute Gasteiger partial charge is 0.256 e. The van der Waals surface area contributed by atoms with Crippen LogP contribution in [-0.2, 0) is 4.74 Å². The van der Waals surface area contributed by atoms with Gasteiger partial charge in [0, 0.05) is 24.8 Å². The second kappa shape index (κ2) is 6.22. The summed E-state index contributed by atoms with van der Waals surface area (Å²) in [6.45, 7) is 5.01. The van der Waals surface area contributed by atoms with E-state index in [0.29, 0.717) is 35.8 Å². The molecule has 1 amide bonds. The quantitative estimate of drug-likeness (QED) is 0.856. The number of nitrogens with zero attached hydrogens (tertiary/aromatic N) is 1. The predicted octanol–water partition coefficient (Wildman–Crippen LogP) is 1.54. The van der Waals surface area contributed by atoms with Gasteiger partial charge in [0.1, 0.15) is 0 Å². The number of nitrogen functional groups attached to an aromatic ring is 1. The van der Waals surface area contributed by atoms with E-state index < -0.39 is 0 Å². The van der Waals surface area contributed by atoms with Crippen molar-refractivity contribution in [1.29, 1.82) is 0 Å². The maximum atomic E-state index is 12.7. The Morgan fingerprint density at radius 3 is 2.24 bits per heavy atom. The number of amides is 1. The lowest BCUT2D eigenvalue weighted by Crippen LogP contribution is -2.48. The topological polar surface area (TPSA) is 74.0 Å². The molecule has 1 fully saturated rings. The van der Waals surface area contributed by atoms with Crippen molar-refractivity contribution in [2.24, 2.45) is 0 Å². The van der Waals surface area contributed by atoms with Crippen LogP contribution in [0, 0.1) is 0 Å². The minimum atomic E-state index is -0.115. The molecule has 1 heterocycles. The third-order valence-corrected chi connectivity index (χ3v) is 3.49. The normalized spacial score (nSPS) is 22.0. The van der Waals surface area contributed by atoms with Crippen LogP contribution in [0.1, 0.15) is 24.2 Å². The highest BCUT2D eigenvalue weighted by atomic mass is 16.5. The van der Waals surface area contributed by atoms with E-state index in [2.05, 4.69) is 0 Å². The Morgan fingerprint density at radius 2 is 1.71 bits per heavy atom. The molecule has 0 bridgehead atoms. The van der Waals surface area contributed by atoms with Crippen molar-refractivity contribution in [3.8, 4) is 11.5 Å². The highest BCUT2D eigenvalue weighted by Crippen LogP contribution is 2.32. The van der Waals surface area contributed by atoms with E-state index in [1.54, 1.807) is 17.0 Å². The van der Waals surface area contributed by atoms with Crippen LogP contribution in [0.15, 0.2) is 12.1 Å². The third kappa shape index (κ3) is 3.21. The minimum absolute atomic E-state index is 0.0130. The first-order chi connectivity index (χ1) is 9.96. The molecule has 116 valence electrons. The average molecular weight is 294 g/mol. The number of nitrogens with two attached hydrogens (primary N) is 1. The van der Waals surface area contributed by atoms with Gasteiger partial charge in [-0.3, -0.25) is 4.79 Å². The molecule has 0 spiro atoms. The maximum Gasteiger partial charge on any atom is 0.256 e. The van der Waals surface area contributed by atoms with E-state index in [9.17, 15) is 4.79 Å². The molecule has 1 aromatic carbocycles. The van der Waals surface area contributed by atoms with Gasteiger partial charge in [-0.2, -0.15) is 0 Å². The standard InChI is InChI=1S/C15H22N2O4/c1-9-7-17(8-10(2)21-9)15(18)11-5-13(19-3)14(20-4)6-12(11)16/h5-6,9-10H,7-8,16H2,1-4H3/t9-,10+. The lowest BCUT2D eigenvalue weighted by molar-refractivity contribution is -0.0586. The second-order valence-electron chi connectivity index (χ2n) is 5.26. The van der Waals surface area contributed by atoms with E-state index in [-0.39, 0.29) is 18.1 Å². The number of hydrogen-bond donors (Lipinski definition) is 1. The Hall–Kier alpha value is -1.95. The Labute approximate surface area is 124 Å². The van der Waals surface area contributed by atoms with Gasteiger partial charge in [0.15, 0.2) is 11.5 Å². The number of carbonyl (C=O) groups is 1. The summed E-state index contributed by atoms with van der Waals surface area (Å²) in [6.07, 6.45) is 0.0261. The first-order valence-electron chi connectivity index (χ1n) is 6.92. The second-order valence-corrected chi connectivity index (χ2v) is 5.26. The molecule has 6 nitrogen and oxygen atoms in total. The summed E-state index contributed by atoms with van der Waals surface area (Å²) in [7, 11) is 3.06. The van der Waals surface area contributed by atoms with Crippen LogP contribution in [-0.4, -0.2) is 50.3 Å². The number of morpholine rings is 1. The molecule has 6 heteroatoms. The first kappa shape index (κ1) is 15.4. The Balaban J connectivity index is 2.30. The zero-order valence-electron chi connectivity index (χ0n) is 12.9. The van der Waals surface area contributed by atoms with Crippen molar-refractivity contribution in [3.63, 3.8) is 0 Å². The lowest BCUT2D eigenvalue weighted by Gasteiger charge is -2.35. The number of rotatable bonds is 3. The largest absolute Gasteiger partial charge is 0.493 e. The van der Waals surface area contributed by atoms with Crippen LogP contribution in [0.25, 0.3) is 0 Å². The molecule has 1 saturated heterocycles. The van der Waals surface area contributed by atoms with Crippen LogP contribution in [0.4, 0.5) is 5.69 Å². The van der Waals surface area contributed by atoms with Gasteiger partial charge >= 0.3 is 0 Å². The molecule has 2 N–H and O–H groups in total. The summed E-state index contributed by atoms with van der Waals surface area (Å²) in [5, 5.41) is 0. The fraction of sp³-hybridized carbons (Fsp3) is 0.533. The Kier molecular flexibility index (Phi) is 4.57. The molecule has 1 aliphatic rings. The van der Waals surface area contributed by atoms with E-state index in [4.69, 9.17) is 19.9 Å². The van der Waals surface area contributed by atoms with Gasteiger partial charge in [-0.1, -0.05) is 0 Å². The maximum absolute atomic E-state index is 12.7. The molecule has 0 unspecified atom stereocenters. The van der Waals surface area contributed by atoms with Gasteiger partial charge in [0.2, 0.25) is 0 Å². The van der Waals surface area contributed by atoms with E-state index >= 15 is 0 Å². The first-order valence-corrected chi connectivity index (χ1v) is 6.92. The molecule has 0 aromatic heterocycles. The molecule has 0 saturated carbocycles. The number of benzene rings is 1. The van der Waals surface area contributed by atoms with Crippen LogP contribution in [0.3, 0.4) is 0 Å². The molecule has 21 heavy (non-hydrogen) atoms. The van der Waals surface area contributed by atoms with Crippen molar-refractivity contribution in [3.05, 3.63) is 17.7 Å². The van der Waals surface area contributed by atoms with Gasteiger partial charge in [0.05, 0.1) is 32.0 Å². The highest BCUT2D eigenvalue weighted by Gasteiger charge is 2.28. The summed E-state index contributed by atoms with van der Waals surface area (Å²) < 4.78 is 16.1. The van der Waals surface area contributed by atoms with Crippen LogP contribution < -0.4 is 15.2 Å². The van der Waals surface area contributed by atoms with Crippen molar-refractivity contribution in [1.82, 2.24) is 4.90 Å².